The second-order valence-corrected chi connectivity index (χ2v) is 9.01. The first-order valence-electron chi connectivity index (χ1n) is 10.2. The first kappa shape index (κ1) is 23.1. The number of nitrogens with zero attached hydrogens (tertiary/aromatic N) is 1. The molecule has 9 heteroatoms. The zero-order chi connectivity index (χ0) is 22.4. The van der Waals surface area contributed by atoms with E-state index in [0.717, 1.165) is 11.3 Å². The maximum Gasteiger partial charge on any atom is 0.255 e. The highest BCUT2D eigenvalue weighted by Crippen LogP contribution is 2.26. The fourth-order valence-corrected chi connectivity index (χ4v) is 4.77. The molecular weight excluding hydrogens is 420 g/mol. The molecule has 1 fully saturated rings. The number of benzene rings is 2. The molecule has 168 valence electrons. The smallest absolute Gasteiger partial charge is 0.255 e. The summed E-state index contributed by atoms with van der Waals surface area (Å²) in [4.78, 5) is 13.0. The number of amides is 1. The van der Waals surface area contributed by atoms with Crippen molar-refractivity contribution in [3.63, 3.8) is 0 Å². The van der Waals surface area contributed by atoms with Crippen LogP contribution in [0.15, 0.2) is 47.4 Å². The van der Waals surface area contributed by atoms with Gasteiger partial charge in [0.05, 0.1) is 43.4 Å². The lowest BCUT2D eigenvalue weighted by Crippen LogP contribution is -2.40. The van der Waals surface area contributed by atoms with Gasteiger partial charge in [0.25, 0.3) is 5.91 Å². The molecule has 2 aromatic rings. The summed E-state index contributed by atoms with van der Waals surface area (Å²) in [5, 5.41) is 2.91. The molecule has 8 nitrogen and oxygen atoms in total. The summed E-state index contributed by atoms with van der Waals surface area (Å²) in [6.45, 7) is 5.61. The van der Waals surface area contributed by atoms with E-state index in [1.807, 2.05) is 38.1 Å². The maximum absolute atomic E-state index is 13.0. The summed E-state index contributed by atoms with van der Waals surface area (Å²) < 4.78 is 43.3. The lowest BCUT2D eigenvalue weighted by atomic mass is 10.1. The van der Waals surface area contributed by atoms with Crippen molar-refractivity contribution in [3.8, 4) is 11.5 Å². The Kier molecular flexibility index (Phi) is 7.53. The Morgan fingerprint density at radius 2 is 1.84 bits per heavy atom. The Labute approximate surface area is 183 Å². The third-order valence-corrected chi connectivity index (χ3v) is 6.96. The Balaban J connectivity index is 1.81. The van der Waals surface area contributed by atoms with E-state index in [1.165, 1.54) is 29.6 Å². The summed E-state index contributed by atoms with van der Waals surface area (Å²) >= 11 is 0. The predicted octanol–water partition coefficient (Wildman–Crippen LogP) is 2.61. The molecule has 0 aromatic heterocycles. The molecule has 1 aliphatic rings. The Hall–Kier alpha value is -2.62. The predicted molar refractivity (Wildman–Crippen MR) is 116 cm³/mol. The van der Waals surface area contributed by atoms with Gasteiger partial charge in [0.1, 0.15) is 11.5 Å². The third kappa shape index (κ3) is 5.36. The van der Waals surface area contributed by atoms with Crippen LogP contribution in [0.5, 0.6) is 11.5 Å². The molecule has 1 N–H and O–H groups in total. The van der Waals surface area contributed by atoms with Crippen molar-refractivity contribution < 1.29 is 27.4 Å². The van der Waals surface area contributed by atoms with E-state index in [4.69, 9.17) is 14.2 Å². The fourth-order valence-electron chi connectivity index (χ4n) is 3.34. The van der Waals surface area contributed by atoms with Gasteiger partial charge in [0, 0.05) is 13.1 Å². The number of ether oxygens (including phenoxy) is 3. The lowest BCUT2D eigenvalue weighted by Gasteiger charge is -2.26. The average Bonchev–Trinajstić information content (AvgIpc) is 2.79. The molecule has 1 aliphatic heterocycles. The molecule has 1 atom stereocenters. The number of nitrogens with one attached hydrogen (secondary N) is 1. The van der Waals surface area contributed by atoms with Gasteiger partial charge in [-0.05, 0) is 49.7 Å². The normalized spacial score (nSPS) is 15.8. The van der Waals surface area contributed by atoms with Gasteiger partial charge >= 0.3 is 0 Å². The van der Waals surface area contributed by atoms with E-state index in [0.29, 0.717) is 25.6 Å². The summed E-state index contributed by atoms with van der Waals surface area (Å²) in [6, 6.07) is 11.5. The van der Waals surface area contributed by atoms with Gasteiger partial charge in [-0.2, -0.15) is 4.31 Å². The number of hydrogen-bond donors (Lipinski definition) is 1. The number of carbonyl (C=O) groups is 1. The summed E-state index contributed by atoms with van der Waals surface area (Å²) in [5.74, 6) is 0.641. The molecule has 0 saturated carbocycles. The molecule has 0 radical (unpaired) electrons. The molecule has 1 heterocycles. The maximum atomic E-state index is 13.0. The van der Waals surface area contributed by atoms with Crippen molar-refractivity contribution in [1.82, 2.24) is 9.62 Å². The fraction of sp³-hybridized carbons (Fsp3) is 0.409. The summed E-state index contributed by atoms with van der Waals surface area (Å²) in [6.07, 6.45) is 0. The number of morpholine rings is 1. The Morgan fingerprint density at radius 1 is 1.16 bits per heavy atom. The standard InChI is InChI=1S/C22H28N2O6S/c1-4-30-18-7-5-17(6-8-18)16(2)23-22(25)20-15-19(9-10-21(20)28-3)31(26,27)24-11-13-29-14-12-24/h5-10,15-16H,4,11-14H2,1-3H3,(H,23,25). The minimum atomic E-state index is -3.73. The first-order valence-corrected chi connectivity index (χ1v) is 11.6. The highest BCUT2D eigenvalue weighted by atomic mass is 32.2. The van der Waals surface area contributed by atoms with E-state index >= 15 is 0 Å². The van der Waals surface area contributed by atoms with Crippen LogP contribution in [-0.2, 0) is 14.8 Å². The highest BCUT2D eigenvalue weighted by Gasteiger charge is 2.28. The SMILES string of the molecule is CCOc1ccc(C(C)NC(=O)c2cc(S(=O)(=O)N3CCOCC3)ccc2OC)cc1. The average molecular weight is 449 g/mol. The van der Waals surface area contributed by atoms with Gasteiger partial charge in [-0.15, -0.1) is 0 Å². The van der Waals surface area contributed by atoms with Crippen LogP contribution in [0.25, 0.3) is 0 Å². The first-order chi connectivity index (χ1) is 14.9. The summed E-state index contributed by atoms with van der Waals surface area (Å²) in [5.41, 5.74) is 1.06. The number of rotatable bonds is 8. The van der Waals surface area contributed by atoms with E-state index in [2.05, 4.69) is 5.32 Å². The zero-order valence-corrected chi connectivity index (χ0v) is 18.8. The van der Waals surface area contributed by atoms with Gasteiger partial charge in [0.2, 0.25) is 10.0 Å². The second-order valence-electron chi connectivity index (χ2n) is 7.08. The minimum Gasteiger partial charge on any atom is -0.496 e. The van der Waals surface area contributed by atoms with E-state index in [1.54, 1.807) is 0 Å². The van der Waals surface area contributed by atoms with Gasteiger partial charge in [-0.1, -0.05) is 12.1 Å². The monoisotopic (exact) mass is 448 g/mol. The number of sulfonamides is 1. The quantitative estimate of drug-likeness (QED) is 0.667. The van der Waals surface area contributed by atoms with Crippen LogP contribution in [0, 0.1) is 0 Å². The van der Waals surface area contributed by atoms with E-state index in [-0.39, 0.29) is 29.6 Å². The third-order valence-electron chi connectivity index (χ3n) is 5.06. The van der Waals surface area contributed by atoms with Gasteiger partial charge in [0.15, 0.2) is 0 Å². The van der Waals surface area contributed by atoms with Gasteiger partial charge in [-0.3, -0.25) is 4.79 Å². The van der Waals surface area contributed by atoms with Crippen LogP contribution in [0.3, 0.4) is 0 Å². The molecule has 1 saturated heterocycles. The largest absolute Gasteiger partial charge is 0.496 e. The van der Waals surface area contributed by atoms with Gasteiger partial charge in [-0.25, -0.2) is 8.42 Å². The van der Waals surface area contributed by atoms with Crippen LogP contribution in [-0.4, -0.2) is 58.7 Å². The van der Waals surface area contributed by atoms with Crippen LogP contribution in [0.2, 0.25) is 0 Å². The van der Waals surface area contributed by atoms with Crippen LogP contribution >= 0.6 is 0 Å². The summed E-state index contributed by atoms with van der Waals surface area (Å²) in [7, 11) is -2.29. The number of carbonyl (C=O) groups excluding carboxylic acids is 1. The van der Waals surface area contributed by atoms with Gasteiger partial charge < -0.3 is 19.5 Å². The van der Waals surface area contributed by atoms with E-state index in [9.17, 15) is 13.2 Å². The van der Waals surface area contributed by atoms with Crippen molar-refractivity contribution in [1.29, 1.82) is 0 Å². The molecule has 1 amide bonds. The van der Waals surface area contributed by atoms with Crippen LogP contribution in [0.1, 0.15) is 35.8 Å². The molecule has 2 aromatic carbocycles. The topological polar surface area (TPSA) is 94.2 Å². The van der Waals surface area contributed by atoms with Crippen molar-refractivity contribution in [2.75, 3.05) is 40.0 Å². The molecule has 31 heavy (non-hydrogen) atoms. The van der Waals surface area contributed by atoms with Crippen LogP contribution < -0.4 is 14.8 Å². The number of hydrogen-bond acceptors (Lipinski definition) is 6. The zero-order valence-electron chi connectivity index (χ0n) is 18.0. The van der Waals surface area contributed by atoms with Crippen LogP contribution in [0.4, 0.5) is 0 Å². The van der Waals surface area contributed by atoms with E-state index < -0.39 is 15.9 Å². The molecule has 0 aliphatic carbocycles. The van der Waals surface area contributed by atoms with Crippen molar-refractivity contribution in [2.24, 2.45) is 0 Å². The minimum absolute atomic E-state index is 0.0501. The van der Waals surface area contributed by atoms with Crippen molar-refractivity contribution >= 4 is 15.9 Å². The second kappa shape index (κ2) is 10.1. The van der Waals surface area contributed by atoms with Crippen molar-refractivity contribution in [3.05, 3.63) is 53.6 Å². The molecule has 0 bridgehead atoms. The Bertz CT molecular complexity index is 1000. The Morgan fingerprint density at radius 3 is 2.45 bits per heavy atom. The van der Waals surface area contributed by atoms with Crippen molar-refractivity contribution in [2.45, 2.75) is 24.8 Å². The highest BCUT2D eigenvalue weighted by molar-refractivity contribution is 7.89. The molecule has 1 unspecified atom stereocenters. The molecular formula is C22H28N2O6S. The molecule has 3 rings (SSSR count). The number of methoxy groups -OCH3 is 1. The molecule has 0 spiro atoms. The lowest BCUT2D eigenvalue weighted by molar-refractivity contribution is 0.0730.